The Hall–Kier alpha value is 3.43. The molecule has 5 heteroatoms. The van der Waals surface area contributed by atoms with Crippen LogP contribution in [0.1, 0.15) is 0 Å². The van der Waals surface area contributed by atoms with E-state index < -0.39 is 0 Å². The van der Waals surface area contributed by atoms with E-state index in [0.29, 0.717) is 0 Å². The Kier molecular flexibility index (Phi) is 207. The van der Waals surface area contributed by atoms with E-state index in [9.17, 15) is 0 Å². The third kappa shape index (κ3) is 18.6. The van der Waals surface area contributed by atoms with Crippen molar-refractivity contribution in [3.8, 4) is 0 Å². The number of halogens is 2. The van der Waals surface area contributed by atoms with E-state index in [2.05, 4.69) is 0 Å². The van der Waals surface area contributed by atoms with Gasteiger partial charge in [-0.15, -0.1) is 41.0 Å². The zero-order chi connectivity index (χ0) is 0. The molecule has 0 aromatic carbocycles. The van der Waals surface area contributed by atoms with Crippen LogP contribution in [0.5, 0.6) is 0 Å². The van der Waals surface area contributed by atoms with Crippen LogP contribution in [0.2, 0.25) is 0 Å². The van der Waals surface area contributed by atoms with Gasteiger partial charge in [0.1, 0.15) is 0 Å². The number of rotatable bonds is 0. The SMILES string of the molecule is Br.I.[Ag].[Ag].[Ag]. The molecular weight excluding hydrogens is 530 g/mol. The van der Waals surface area contributed by atoms with Crippen LogP contribution in [0, 0.1) is 0 Å². The summed E-state index contributed by atoms with van der Waals surface area (Å²) >= 11 is 0. The van der Waals surface area contributed by atoms with Gasteiger partial charge in [0.2, 0.25) is 0 Å². The first-order valence-electron chi connectivity index (χ1n) is 0. The van der Waals surface area contributed by atoms with Crippen molar-refractivity contribution in [3.63, 3.8) is 0 Å². The van der Waals surface area contributed by atoms with Crippen LogP contribution in [0.4, 0.5) is 0 Å². The fourth-order valence-corrected chi connectivity index (χ4v) is 0. The van der Waals surface area contributed by atoms with E-state index in [4.69, 9.17) is 0 Å². The summed E-state index contributed by atoms with van der Waals surface area (Å²) in [5.41, 5.74) is 0. The Morgan fingerprint density at radius 3 is 0.600 bits per heavy atom. The second kappa shape index (κ2) is 26.1. The molecule has 0 aliphatic carbocycles. The molecule has 0 aromatic rings. The maximum Gasteiger partial charge on any atom is 0 e. The second-order valence-electron chi connectivity index (χ2n) is 0. The molecule has 5 heavy (non-hydrogen) atoms. The minimum Gasteiger partial charge on any atom is -0.114 e. The molecule has 3 radical (unpaired) electrons. The molecule has 0 N–H and O–H groups in total. The van der Waals surface area contributed by atoms with Gasteiger partial charge in [0.15, 0.2) is 0 Å². The minimum atomic E-state index is 0. The largest absolute Gasteiger partial charge is 0.114 e. The van der Waals surface area contributed by atoms with E-state index in [-0.39, 0.29) is 108 Å². The van der Waals surface area contributed by atoms with Crippen LogP contribution in [0.3, 0.4) is 0 Å². The Morgan fingerprint density at radius 2 is 0.600 bits per heavy atom. The molecule has 0 amide bonds. The van der Waals surface area contributed by atoms with Gasteiger partial charge >= 0.3 is 0 Å². The van der Waals surface area contributed by atoms with Crippen molar-refractivity contribution in [2.45, 2.75) is 0 Å². The molecule has 0 nitrogen and oxygen atoms in total. The molecule has 0 aromatic heterocycles. The molecule has 49 valence electrons. The van der Waals surface area contributed by atoms with Crippen molar-refractivity contribution in [2.75, 3.05) is 0 Å². The topological polar surface area (TPSA) is 0 Å². The monoisotopic (exact) mass is 529 g/mol. The second-order valence-corrected chi connectivity index (χ2v) is 0. The van der Waals surface area contributed by atoms with E-state index >= 15 is 0 Å². The Labute approximate surface area is 106 Å². The van der Waals surface area contributed by atoms with Crippen molar-refractivity contribution >= 4 is 41.0 Å². The normalized spacial score (nSPS) is 0. The third-order valence-corrected chi connectivity index (χ3v) is 0. The summed E-state index contributed by atoms with van der Waals surface area (Å²) in [6.45, 7) is 0. The summed E-state index contributed by atoms with van der Waals surface area (Å²) in [4.78, 5) is 0. The van der Waals surface area contributed by atoms with Gasteiger partial charge in [0.05, 0.1) is 0 Å². The van der Waals surface area contributed by atoms with Gasteiger partial charge in [-0.1, -0.05) is 0 Å². The van der Waals surface area contributed by atoms with Crippen LogP contribution in [-0.4, -0.2) is 0 Å². The van der Waals surface area contributed by atoms with Gasteiger partial charge in [-0.3, -0.25) is 0 Å². The van der Waals surface area contributed by atoms with E-state index in [1.807, 2.05) is 0 Å². The van der Waals surface area contributed by atoms with Crippen LogP contribution in [-0.2, 0) is 67.1 Å². The molecule has 0 aliphatic rings. The van der Waals surface area contributed by atoms with Gasteiger partial charge in [-0.25, -0.2) is 0 Å². The molecule has 0 spiro atoms. The maximum atomic E-state index is 0. The van der Waals surface area contributed by atoms with Crippen molar-refractivity contribution in [2.24, 2.45) is 0 Å². The van der Waals surface area contributed by atoms with Gasteiger partial charge in [0.25, 0.3) is 0 Å². The average Bonchev–Trinajstić information content (AvgIpc) is 0. The summed E-state index contributed by atoms with van der Waals surface area (Å²) in [6.07, 6.45) is 0. The Morgan fingerprint density at radius 1 is 0.600 bits per heavy atom. The zero-order valence-electron chi connectivity index (χ0n) is 1.72. The van der Waals surface area contributed by atoms with Crippen molar-refractivity contribution < 1.29 is 67.1 Å². The predicted octanol–water partition coefficient (Wildman–Crippen LogP) is 1.19. The number of hydrogen-bond donors (Lipinski definition) is 0. The van der Waals surface area contributed by atoms with E-state index in [1.165, 1.54) is 0 Å². The standard InChI is InChI=1S/3Ag.BrH.HI/h;;;2*1H. The summed E-state index contributed by atoms with van der Waals surface area (Å²) in [5, 5.41) is 0. The summed E-state index contributed by atoms with van der Waals surface area (Å²) in [6, 6.07) is 0. The Balaban J connectivity index is 0. The van der Waals surface area contributed by atoms with Crippen LogP contribution >= 0.6 is 41.0 Å². The van der Waals surface area contributed by atoms with Gasteiger partial charge in [-0.2, -0.15) is 0 Å². The minimum absolute atomic E-state index is 0. The number of hydrogen-bond acceptors (Lipinski definition) is 0. The van der Waals surface area contributed by atoms with Crippen molar-refractivity contribution in [3.05, 3.63) is 0 Å². The summed E-state index contributed by atoms with van der Waals surface area (Å²) in [5.74, 6) is 0. The molecule has 0 saturated carbocycles. The Bertz CT molecular complexity index is 6.85. The fourth-order valence-electron chi connectivity index (χ4n) is 0. The zero-order valence-corrected chi connectivity index (χ0v) is 10.2. The smallest absolute Gasteiger partial charge is 0 e. The maximum absolute atomic E-state index is 0. The molecule has 0 unspecified atom stereocenters. The average molecular weight is 532 g/mol. The van der Waals surface area contributed by atoms with Gasteiger partial charge in [0, 0.05) is 67.1 Å². The molecule has 0 saturated heterocycles. The molecular formula is H2Ag3BrI. The summed E-state index contributed by atoms with van der Waals surface area (Å²) < 4.78 is 0. The summed E-state index contributed by atoms with van der Waals surface area (Å²) in [7, 11) is 0. The van der Waals surface area contributed by atoms with Crippen LogP contribution in [0.15, 0.2) is 0 Å². The van der Waals surface area contributed by atoms with Crippen molar-refractivity contribution in [1.82, 2.24) is 0 Å². The molecule has 0 bridgehead atoms. The predicted molar refractivity (Wildman–Crippen MR) is 25.7 cm³/mol. The molecule has 0 fully saturated rings. The quantitative estimate of drug-likeness (QED) is 0.325. The first kappa shape index (κ1) is 39.6. The van der Waals surface area contributed by atoms with Crippen LogP contribution < -0.4 is 0 Å². The van der Waals surface area contributed by atoms with E-state index in [1.54, 1.807) is 0 Å². The van der Waals surface area contributed by atoms with E-state index in [0.717, 1.165) is 0 Å². The molecule has 0 atom stereocenters. The van der Waals surface area contributed by atoms with Crippen molar-refractivity contribution in [1.29, 1.82) is 0 Å². The van der Waals surface area contributed by atoms with Gasteiger partial charge < -0.3 is 0 Å². The van der Waals surface area contributed by atoms with Crippen LogP contribution in [0.25, 0.3) is 0 Å². The molecule has 0 heterocycles. The first-order valence-corrected chi connectivity index (χ1v) is 0. The van der Waals surface area contributed by atoms with Gasteiger partial charge in [-0.05, 0) is 0 Å². The molecule has 0 aliphatic heterocycles. The first-order chi connectivity index (χ1) is 0. The third-order valence-electron chi connectivity index (χ3n) is 0. The molecule has 0 rings (SSSR count). The fraction of sp³-hybridized carbons (Fsp3) is 0.